The van der Waals surface area contributed by atoms with Crippen LogP contribution in [0.4, 0.5) is 5.69 Å². The van der Waals surface area contributed by atoms with E-state index < -0.39 is 6.04 Å². The zero-order valence-electron chi connectivity index (χ0n) is 15.2. The number of carbonyl (C=O) groups is 3. The van der Waals surface area contributed by atoms with Gasteiger partial charge in [0.15, 0.2) is 0 Å². The van der Waals surface area contributed by atoms with Crippen LogP contribution in [0, 0.1) is 0 Å². The number of amides is 3. The number of carbonyl (C=O) groups excluding carboxylic acids is 3. The molecule has 3 amide bonds. The fraction of sp³-hybridized carbons (Fsp3) is 0.286. The second kappa shape index (κ2) is 6.87. The van der Waals surface area contributed by atoms with Crippen LogP contribution in [0.3, 0.4) is 0 Å². The maximum absolute atomic E-state index is 12.9. The summed E-state index contributed by atoms with van der Waals surface area (Å²) < 4.78 is 0. The first kappa shape index (κ1) is 17.3. The molecule has 27 heavy (non-hydrogen) atoms. The molecule has 1 unspecified atom stereocenters. The predicted octanol–water partition coefficient (Wildman–Crippen LogP) is 2.02. The molecule has 6 heteroatoms. The number of anilines is 1. The average molecular weight is 363 g/mol. The van der Waals surface area contributed by atoms with Crippen LogP contribution >= 0.6 is 0 Å². The molecule has 2 heterocycles. The second-order valence-electron chi connectivity index (χ2n) is 6.85. The van der Waals surface area contributed by atoms with Gasteiger partial charge in [-0.15, -0.1) is 0 Å². The summed E-state index contributed by atoms with van der Waals surface area (Å²) in [4.78, 5) is 43.2. The van der Waals surface area contributed by atoms with Crippen LogP contribution in [0.2, 0.25) is 0 Å². The van der Waals surface area contributed by atoms with E-state index in [4.69, 9.17) is 0 Å². The van der Waals surface area contributed by atoms with E-state index in [9.17, 15) is 14.4 Å². The van der Waals surface area contributed by atoms with E-state index in [0.29, 0.717) is 24.2 Å². The summed E-state index contributed by atoms with van der Waals surface area (Å²) >= 11 is 0. The quantitative estimate of drug-likeness (QED) is 0.783. The minimum atomic E-state index is -0.805. The number of rotatable bonds is 3. The third-order valence-corrected chi connectivity index (χ3v) is 5.28. The summed E-state index contributed by atoms with van der Waals surface area (Å²) in [5.74, 6) is -0.962. The average Bonchev–Trinajstić information content (AvgIpc) is 2.98. The van der Waals surface area contributed by atoms with E-state index in [1.54, 1.807) is 36.1 Å². The van der Waals surface area contributed by atoms with E-state index in [-0.39, 0.29) is 17.7 Å². The van der Waals surface area contributed by atoms with E-state index in [1.807, 2.05) is 18.2 Å². The molecule has 2 aliphatic rings. The summed E-state index contributed by atoms with van der Waals surface area (Å²) in [7, 11) is 0. The van der Waals surface area contributed by atoms with Crippen LogP contribution in [0.25, 0.3) is 0 Å². The molecule has 0 radical (unpaired) electrons. The van der Waals surface area contributed by atoms with Gasteiger partial charge in [-0.25, -0.2) is 0 Å². The normalized spacial score (nSPS) is 17.9. The lowest BCUT2D eigenvalue weighted by molar-refractivity contribution is -0.135. The maximum atomic E-state index is 12.9. The number of benzene rings is 2. The molecule has 0 bridgehead atoms. The van der Waals surface area contributed by atoms with Gasteiger partial charge in [-0.1, -0.05) is 30.3 Å². The van der Waals surface area contributed by atoms with Gasteiger partial charge in [0.2, 0.25) is 5.91 Å². The van der Waals surface area contributed by atoms with E-state index in [1.165, 1.54) is 0 Å². The minimum absolute atomic E-state index is 0.183. The molecule has 2 aliphatic heterocycles. The minimum Gasteiger partial charge on any atom is -0.368 e. The summed E-state index contributed by atoms with van der Waals surface area (Å²) in [6.45, 7) is 4.23. The van der Waals surface area contributed by atoms with Gasteiger partial charge in [-0.05, 0) is 31.2 Å². The lowest BCUT2D eigenvalue weighted by atomic mass is 10.1. The number of fused-ring (bicyclic) bond motifs is 1. The Balaban J connectivity index is 1.44. The molecule has 4 rings (SSSR count). The Bertz CT molecular complexity index is 854. The first-order valence-electron chi connectivity index (χ1n) is 9.13. The zero-order chi connectivity index (χ0) is 19.0. The first-order valence-corrected chi connectivity index (χ1v) is 9.13. The number of para-hydroxylation sites is 1. The summed E-state index contributed by atoms with van der Waals surface area (Å²) in [5.41, 5.74) is 1.88. The van der Waals surface area contributed by atoms with E-state index in [2.05, 4.69) is 17.0 Å². The van der Waals surface area contributed by atoms with Crippen LogP contribution in [0.5, 0.6) is 0 Å². The smallest absolute Gasteiger partial charge is 0.262 e. The lowest BCUT2D eigenvalue weighted by Crippen LogP contribution is -2.55. The first-order chi connectivity index (χ1) is 13.1. The Morgan fingerprint density at radius 1 is 0.815 bits per heavy atom. The molecule has 0 aliphatic carbocycles. The highest BCUT2D eigenvalue weighted by Gasteiger charge is 2.42. The molecular formula is C21H21N3O3. The van der Waals surface area contributed by atoms with Crippen molar-refractivity contribution in [2.24, 2.45) is 0 Å². The summed E-state index contributed by atoms with van der Waals surface area (Å²) in [6.07, 6.45) is 0. The molecule has 0 spiro atoms. The Labute approximate surface area is 158 Å². The standard InChI is InChI=1S/C21H21N3O3/c1-15(24-20(26)17-9-5-6-10-18(17)21(24)27)19(25)23-13-11-22(12-14-23)16-7-3-2-4-8-16/h2-10,15H,11-14H2,1H3. The zero-order valence-corrected chi connectivity index (χ0v) is 15.2. The fourth-order valence-corrected chi connectivity index (χ4v) is 3.76. The Hall–Kier alpha value is -3.15. The van der Waals surface area contributed by atoms with Crippen molar-refractivity contribution >= 4 is 23.4 Å². The van der Waals surface area contributed by atoms with Crippen molar-refractivity contribution in [1.82, 2.24) is 9.80 Å². The molecule has 2 aromatic rings. The summed E-state index contributed by atoms with van der Waals surface area (Å²) in [5, 5.41) is 0. The van der Waals surface area contributed by atoms with Crippen molar-refractivity contribution in [3.8, 4) is 0 Å². The van der Waals surface area contributed by atoms with Gasteiger partial charge < -0.3 is 9.80 Å². The monoisotopic (exact) mass is 363 g/mol. The highest BCUT2D eigenvalue weighted by atomic mass is 16.2. The molecule has 2 aromatic carbocycles. The van der Waals surface area contributed by atoms with Gasteiger partial charge in [0, 0.05) is 31.9 Å². The molecular weight excluding hydrogens is 342 g/mol. The van der Waals surface area contributed by atoms with Gasteiger partial charge in [0.25, 0.3) is 11.8 Å². The van der Waals surface area contributed by atoms with Crippen LogP contribution in [0.1, 0.15) is 27.6 Å². The Kier molecular flexibility index (Phi) is 4.39. The molecule has 6 nitrogen and oxygen atoms in total. The van der Waals surface area contributed by atoms with Crippen LogP contribution in [-0.4, -0.2) is 59.7 Å². The second-order valence-corrected chi connectivity index (χ2v) is 6.85. The van der Waals surface area contributed by atoms with Gasteiger partial charge in [-0.2, -0.15) is 0 Å². The number of hydrogen-bond donors (Lipinski definition) is 0. The highest BCUT2D eigenvalue weighted by molar-refractivity contribution is 6.22. The third-order valence-electron chi connectivity index (χ3n) is 5.28. The Morgan fingerprint density at radius 2 is 1.33 bits per heavy atom. The molecule has 0 aromatic heterocycles. The molecule has 1 atom stereocenters. The fourth-order valence-electron chi connectivity index (χ4n) is 3.76. The van der Waals surface area contributed by atoms with E-state index >= 15 is 0 Å². The SMILES string of the molecule is CC(C(=O)N1CCN(c2ccccc2)CC1)N1C(=O)c2ccccc2C1=O. The molecule has 0 saturated carbocycles. The maximum Gasteiger partial charge on any atom is 0.262 e. The van der Waals surface area contributed by atoms with Gasteiger partial charge in [-0.3, -0.25) is 19.3 Å². The Morgan fingerprint density at radius 3 is 1.89 bits per heavy atom. The van der Waals surface area contributed by atoms with Crippen molar-refractivity contribution in [3.05, 3.63) is 65.7 Å². The molecule has 1 fully saturated rings. The number of imide groups is 1. The van der Waals surface area contributed by atoms with Crippen LogP contribution in [-0.2, 0) is 4.79 Å². The number of piperazine rings is 1. The molecule has 0 N–H and O–H groups in total. The third kappa shape index (κ3) is 2.97. The van der Waals surface area contributed by atoms with Gasteiger partial charge in [0.05, 0.1) is 11.1 Å². The van der Waals surface area contributed by atoms with Gasteiger partial charge >= 0.3 is 0 Å². The number of hydrogen-bond acceptors (Lipinski definition) is 4. The van der Waals surface area contributed by atoms with Crippen LogP contribution < -0.4 is 4.90 Å². The number of nitrogens with zero attached hydrogens (tertiary/aromatic N) is 3. The van der Waals surface area contributed by atoms with Crippen molar-refractivity contribution in [2.75, 3.05) is 31.1 Å². The van der Waals surface area contributed by atoms with E-state index in [0.717, 1.165) is 23.7 Å². The van der Waals surface area contributed by atoms with Crippen molar-refractivity contribution in [1.29, 1.82) is 0 Å². The predicted molar refractivity (Wildman–Crippen MR) is 102 cm³/mol. The molecule has 1 saturated heterocycles. The molecule has 138 valence electrons. The van der Waals surface area contributed by atoms with Crippen LogP contribution in [0.15, 0.2) is 54.6 Å². The largest absolute Gasteiger partial charge is 0.368 e. The topological polar surface area (TPSA) is 60.9 Å². The van der Waals surface area contributed by atoms with Gasteiger partial charge in [0.1, 0.15) is 6.04 Å². The lowest BCUT2D eigenvalue weighted by Gasteiger charge is -2.38. The van der Waals surface area contributed by atoms with Crippen molar-refractivity contribution in [2.45, 2.75) is 13.0 Å². The van der Waals surface area contributed by atoms with Crippen molar-refractivity contribution in [3.63, 3.8) is 0 Å². The highest BCUT2D eigenvalue weighted by Crippen LogP contribution is 2.25. The van der Waals surface area contributed by atoms with Crippen molar-refractivity contribution < 1.29 is 14.4 Å². The summed E-state index contributed by atoms with van der Waals surface area (Å²) in [6, 6.07) is 16.0.